The number of thioether (sulfide) groups is 1. The van der Waals surface area contributed by atoms with Crippen LogP contribution in [0.5, 0.6) is 0 Å². The quantitative estimate of drug-likeness (QED) is 0.770. The smallest absolute Gasteiger partial charge is 0.0239 e. The minimum Gasteiger partial charge on any atom is -0.305 e. The van der Waals surface area contributed by atoms with Crippen LogP contribution in [0.1, 0.15) is 19.4 Å². The first-order chi connectivity index (χ1) is 6.99. The summed E-state index contributed by atoms with van der Waals surface area (Å²) < 4.78 is 1.16. The molecule has 1 aromatic carbocycles. The zero-order valence-electron chi connectivity index (χ0n) is 9.75. The second-order valence-corrected chi connectivity index (χ2v) is 6.69. The van der Waals surface area contributed by atoms with Gasteiger partial charge in [0.25, 0.3) is 0 Å². The van der Waals surface area contributed by atoms with Gasteiger partial charge in [0.2, 0.25) is 0 Å². The van der Waals surface area contributed by atoms with Crippen LogP contribution in [0.3, 0.4) is 0 Å². The van der Waals surface area contributed by atoms with Crippen molar-refractivity contribution in [1.29, 1.82) is 0 Å². The van der Waals surface area contributed by atoms with Crippen molar-refractivity contribution in [2.24, 2.45) is 0 Å². The van der Waals surface area contributed by atoms with Crippen LogP contribution < -0.4 is 0 Å². The van der Waals surface area contributed by atoms with E-state index in [9.17, 15) is 0 Å². The molecule has 0 spiro atoms. The van der Waals surface area contributed by atoms with Crippen molar-refractivity contribution < 1.29 is 0 Å². The Balaban J connectivity index is 2.92. The van der Waals surface area contributed by atoms with Crippen LogP contribution in [0.15, 0.2) is 27.6 Å². The Bertz CT molecular complexity index is 323. The summed E-state index contributed by atoms with van der Waals surface area (Å²) in [6, 6.07) is 6.53. The van der Waals surface area contributed by atoms with Gasteiger partial charge in [0, 0.05) is 21.2 Å². The Kier molecular flexibility index (Phi) is 5.16. The molecule has 0 amide bonds. The number of halogens is 1. The number of benzene rings is 1. The molecule has 0 atom stereocenters. The van der Waals surface area contributed by atoms with E-state index < -0.39 is 0 Å². The van der Waals surface area contributed by atoms with Crippen molar-refractivity contribution in [2.45, 2.75) is 30.5 Å². The zero-order valence-corrected chi connectivity index (χ0v) is 12.2. The van der Waals surface area contributed by atoms with Crippen LogP contribution in [0.2, 0.25) is 0 Å². The van der Waals surface area contributed by atoms with Crippen molar-refractivity contribution in [1.82, 2.24) is 4.90 Å². The highest BCUT2D eigenvalue weighted by Gasteiger charge is 2.06. The summed E-state index contributed by atoms with van der Waals surface area (Å²) >= 11 is 5.45. The topological polar surface area (TPSA) is 3.24 Å². The molecule has 15 heavy (non-hydrogen) atoms. The monoisotopic (exact) mass is 287 g/mol. The number of nitrogens with zero attached hydrogens (tertiary/aromatic N) is 1. The molecule has 0 bridgehead atoms. The molecule has 0 aromatic heterocycles. The second-order valence-electron chi connectivity index (χ2n) is 4.16. The van der Waals surface area contributed by atoms with Crippen LogP contribution in [-0.4, -0.2) is 24.2 Å². The lowest BCUT2D eigenvalue weighted by Crippen LogP contribution is -2.11. The van der Waals surface area contributed by atoms with Gasteiger partial charge >= 0.3 is 0 Å². The summed E-state index contributed by atoms with van der Waals surface area (Å²) in [4.78, 5) is 3.59. The number of hydrogen-bond donors (Lipinski definition) is 0. The minimum atomic E-state index is 0.632. The number of hydrogen-bond acceptors (Lipinski definition) is 2. The van der Waals surface area contributed by atoms with Crippen molar-refractivity contribution in [3.05, 3.63) is 28.2 Å². The molecule has 1 aromatic rings. The van der Waals surface area contributed by atoms with E-state index in [2.05, 4.69) is 67.0 Å². The van der Waals surface area contributed by atoms with Crippen LogP contribution in [0.25, 0.3) is 0 Å². The number of rotatable bonds is 4. The maximum atomic E-state index is 3.52. The summed E-state index contributed by atoms with van der Waals surface area (Å²) in [5.41, 5.74) is 1.40. The SMILES string of the molecule is CC(C)Sc1ccc(Br)cc1CN(C)C. The van der Waals surface area contributed by atoms with E-state index in [1.807, 2.05) is 11.8 Å². The second kappa shape index (κ2) is 5.92. The predicted molar refractivity (Wildman–Crippen MR) is 72.5 cm³/mol. The molecule has 0 aliphatic carbocycles. The molecular formula is C12H18BrNS. The lowest BCUT2D eigenvalue weighted by Gasteiger charge is -2.15. The van der Waals surface area contributed by atoms with Gasteiger partial charge in [-0.25, -0.2) is 0 Å². The third-order valence-corrected chi connectivity index (χ3v) is 3.49. The summed E-state index contributed by atoms with van der Waals surface area (Å²) in [5, 5.41) is 0.632. The Morgan fingerprint density at radius 3 is 2.53 bits per heavy atom. The molecule has 1 rings (SSSR count). The summed E-state index contributed by atoms with van der Waals surface area (Å²) in [6.07, 6.45) is 0. The first-order valence-electron chi connectivity index (χ1n) is 5.09. The van der Waals surface area contributed by atoms with Gasteiger partial charge in [-0.1, -0.05) is 29.8 Å². The summed E-state index contributed by atoms with van der Waals surface area (Å²) in [6.45, 7) is 5.45. The van der Waals surface area contributed by atoms with Crippen LogP contribution in [0.4, 0.5) is 0 Å². The lowest BCUT2D eigenvalue weighted by molar-refractivity contribution is 0.399. The fraction of sp³-hybridized carbons (Fsp3) is 0.500. The fourth-order valence-electron chi connectivity index (χ4n) is 1.38. The molecule has 0 saturated heterocycles. The van der Waals surface area contributed by atoms with Gasteiger partial charge in [-0.15, -0.1) is 11.8 Å². The van der Waals surface area contributed by atoms with E-state index in [0.717, 1.165) is 11.0 Å². The Morgan fingerprint density at radius 1 is 1.33 bits per heavy atom. The molecule has 0 aliphatic rings. The summed E-state index contributed by atoms with van der Waals surface area (Å²) in [7, 11) is 4.20. The molecule has 0 fully saturated rings. The molecule has 0 aliphatic heterocycles. The largest absolute Gasteiger partial charge is 0.305 e. The van der Waals surface area contributed by atoms with Crippen LogP contribution in [-0.2, 0) is 6.54 Å². The molecule has 0 saturated carbocycles. The highest BCUT2D eigenvalue weighted by Crippen LogP contribution is 2.29. The van der Waals surface area contributed by atoms with E-state index in [1.165, 1.54) is 10.5 Å². The summed E-state index contributed by atoms with van der Waals surface area (Å²) in [5.74, 6) is 0. The van der Waals surface area contributed by atoms with E-state index in [-0.39, 0.29) is 0 Å². The molecule has 0 radical (unpaired) electrons. The Hall–Kier alpha value is 0.01000. The van der Waals surface area contributed by atoms with Gasteiger partial charge in [-0.05, 0) is 37.9 Å². The average Bonchev–Trinajstić information content (AvgIpc) is 2.08. The molecule has 0 unspecified atom stereocenters. The maximum Gasteiger partial charge on any atom is 0.0239 e. The van der Waals surface area contributed by atoms with Crippen molar-refractivity contribution in [2.75, 3.05) is 14.1 Å². The van der Waals surface area contributed by atoms with Crippen LogP contribution in [0, 0.1) is 0 Å². The fourth-order valence-corrected chi connectivity index (χ4v) is 2.72. The first-order valence-corrected chi connectivity index (χ1v) is 6.76. The molecule has 3 heteroatoms. The van der Waals surface area contributed by atoms with Gasteiger partial charge in [0.05, 0.1) is 0 Å². The van der Waals surface area contributed by atoms with Gasteiger partial charge in [-0.3, -0.25) is 0 Å². The molecule has 1 nitrogen and oxygen atoms in total. The average molecular weight is 288 g/mol. The first kappa shape index (κ1) is 13.1. The molecule has 0 heterocycles. The third kappa shape index (κ3) is 4.58. The molecule has 84 valence electrons. The van der Waals surface area contributed by atoms with Crippen molar-refractivity contribution in [3.8, 4) is 0 Å². The van der Waals surface area contributed by atoms with Gasteiger partial charge < -0.3 is 4.90 Å². The van der Waals surface area contributed by atoms with Crippen LogP contribution >= 0.6 is 27.7 Å². The third-order valence-electron chi connectivity index (χ3n) is 1.87. The van der Waals surface area contributed by atoms with Crippen molar-refractivity contribution in [3.63, 3.8) is 0 Å². The lowest BCUT2D eigenvalue weighted by atomic mass is 10.2. The van der Waals surface area contributed by atoms with Crippen molar-refractivity contribution >= 4 is 27.7 Å². The van der Waals surface area contributed by atoms with E-state index in [4.69, 9.17) is 0 Å². The highest BCUT2D eigenvalue weighted by atomic mass is 79.9. The highest BCUT2D eigenvalue weighted by molar-refractivity contribution is 9.10. The van der Waals surface area contributed by atoms with Gasteiger partial charge in [-0.2, -0.15) is 0 Å². The van der Waals surface area contributed by atoms with E-state index in [0.29, 0.717) is 5.25 Å². The maximum absolute atomic E-state index is 3.52. The normalized spacial score (nSPS) is 11.4. The zero-order chi connectivity index (χ0) is 11.4. The predicted octanol–water partition coefficient (Wildman–Crippen LogP) is 4.01. The molecular weight excluding hydrogens is 270 g/mol. The minimum absolute atomic E-state index is 0.632. The van der Waals surface area contributed by atoms with E-state index in [1.54, 1.807) is 0 Å². The Labute approximate surface area is 105 Å². The molecule has 0 N–H and O–H groups in total. The standard InChI is InChI=1S/C12H18BrNS/c1-9(2)15-12-6-5-11(13)7-10(12)8-14(3)4/h5-7,9H,8H2,1-4H3. The van der Waals surface area contributed by atoms with Gasteiger partial charge in [0.1, 0.15) is 0 Å². The Morgan fingerprint density at radius 2 is 2.00 bits per heavy atom. The van der Waals surface area contributed by atoms with Gasteiger partial charge in [0.15, 0.2) is 0 Å². The van der Waals surface area contributed by atoms with E-state index >= 15 is 0 Å².